The van der Waals surface area contributed by atoms with Gasteiger partial charge >= 0.3 is 5.97 Å². The molecule has 2 aliphatic rings. The number of aliphatic carboxylic acids is 1. The first-order valence-corrected chi connectivity index (χ1v) is 12.8. The highest BCUT2D eigenvalue weighted by Gasteiger charge is 2.33. The lowest BCUT2D eigenvalue weighted by atomic mass is 9.85. The fourth-order valence-corrected chi connectivity index (χ4v) is 5.39. The summed E-state index contributed by atoms with van der Waals surface area (Å²) in [5, 5.41) is 9.09. The molecule has 0 saturated carbocycles. The first kappa shape index (κ1) is 22.9. The lowest BCUT2D eigenvalue weighted by Gasteiger charge is -2.38. The zero-order chi connectivity index (χ0) is 22.7. The molecule has 4 rings (SSSR count). The number of carboxylic acids is 1. The van der Waals surface area contributed by atoms with Crippen molar-refractivity contribution in [3.63, 3.8) is 0 Å². The molecule has 4 nitrogen and oxygen atoms in total. The predicted molar refractivity (Wildman–Crippen MR) is 131 cm³/mol. The fraction of sp³-hybridized carbons (Fsp3) is 0.444. The average Bonchev–Trinajstić information content (AvgIpc) is 2.76. The molecule has 0 atom stereocenters. The summed E-state index contributed by atoms with van der Waals surface area (Å²) < 4.78 is 6.19. The lowest BCUT2D eigenvalue weighted by molar-refractivity contribution is -0.147. The molecule has 0 amide bonds. The van der Waals surface area contributed by atoms with Crippen molar-refractivity contribution in [3.05, 3.63) is 64.2 Å². The van der Waals surface area contributed by atoms with Crippen molar-refractivity contribution < 1.29 is 14.6 Å². The van der Waals surface area contributed by atoms with Gasteiger partial charge in [-0.15, -0.1) is 11.8 Å². The van der Waals surface area contributed by atoms with Crippen molar-refractivity contribution in [1.29, 1.82) is 0 Å². The molecule has 170 valence electrons. The van der Waals surface area contributed by atoms with E-state index in [4.69, 9.17) is 9.84 Å². The number of hydrogen-bond acceptors (Lipinski definition) is 4. The third-order valence-electron chi connectivity index (χ3n) is 6.71. The van der Waals surface area contributed by atoms with E-state index in [0.717, 1.165) is 38.0 Å². The van der Waals surface area contributed by atoms with E-state index in [2.05, 4.69) is 61.4 Å². The Hall–Kier alpha value is -2.24. The third kappa shape index (κ3) is 5.05. The van der Waals surface area contributed by atoms with Gasteiger partial charge in [0, 0.05) is 30.1 Å². The van der Waals surface area contributed by atoms with Crippen LogP contribution in [0, 0.1) is 5.92 Å². The zero-order valence-electron chi connectivity index (χ0n) is 19.3. The maximum atomic E-state index is 11.0. The number of allylic oxidation sites excluding steroid dienone is 1. The first-order valence-electron chi connectivity index (χ1n) is 11.5. The smallest absolute Gasteiger partial charge is 0.309 e. The van der Waals surface area contributed by atoms with E-state index < -0.39 is 5.97 Å². The average molecular weight is 452 g/mol. The van der Waals surface area contributed by atoms with Crippen LogP contribution in [0.1, 0.15) is 48.9 Å². The fourth-order valence-electron chi connectivity index (χ4n) is 4.73. The molecule has 32 heavy (non-hydrogen) atoms. The summed E-state index contributed by atoms with van der Waals surface area (Å²) in [6, 6.07) is 13.2. The molecule has 1 N–H and O–H groups in total. The van der Waals surface area contributed by atoms with Gasteiger partial charge in [0.15, 0.2) is 0 Å². The summed E-state index contributed by atoms with van der Waals surface area (Å²) in [4.78, 5) is 14.6. The van der Waals surface area contributed by atoms with Crippen LogP contribution in [-0.2, 0) is 24.2 Å². The van der Waals surface area contributed by atoms with Gasteiger partial charge in [-0.3, -0.25) is 9.69 Å². The highest BCUT2D eigenvalue weighted by Crippen LogP contribution is 2.35. The van der Waals surface area contributed by atoms with Crippen LogP contribution in [0.4, 0.5) is 0 Å². The molecule has 1 aliphatic heterocycles. The van der Waals surface area contributed by atoms with Gasteiger partial charge in [-0.1, -0.05) is 37.1 Å². The Kier molecular flexibility index (Phi) is 7.27. The van der Waals surface area contributed by atoms with Crippen molar-refractivity contribution in [2.45, 2.75) is 51.0 Å². The van der Waals surface area contributed by atoms with Crippen LogP contribution in [0.15, 0.2) is 46.9 Å². The Bertz CT molecular complexity index is 1020. The molecule has 1 fully saturated rings. The molecule has 0 radical (unpaired) electrons. The monoisotopic (exact) mass is 451 g/mol. The highest BCUT2D eigenvalue weighted by atomic mass is 32.2. The molecule has 2 aromatic carbocycles. The van der Waals surface area contributed by atoms with Crippen molar-refractivity contribution in [2.24, 2.45) is 5.92 Å². The van der Waals surface area contributed by atoms with Gasteiger partial charge in [0.1, 0.15) is 12.4 Å². The number of fused-ring (bicyclic) bond motifs is 1. The number of benzene rings is 2. The lowest BCUT2D eigenvalue weighted by Crippen LogP contribution is -2.50. The molecule has 1 heterocycles. The number of nitrogens with zero attached hydrogens (tertiary/aromatic N) is 1. The van der Waals surface area contributed by atoms with Crippen LogP contribution in [0.25, 0.3) is 5.57 Å². The van der Waals surface area contributed by atoms with Crippen molar-refractivity contribution in [1.82, 2.24) is 4.90 Å². The van der Waals surface area contributed by atoms with E-state index in [1.54, 1.807) is 11.8 Å². The number of likely N-dealkylation sites (tertiary alicyclic amines) is 1. The number of carbonyl (C=O) groups is 1. The molecule has 0 aromatic heterocycles. The van der Waals surface area contributed by atoms with Gasteiger partial charge < -0.3 is 9.84 Å². The van der Waals surface area contributed by atoms with Crippen molar-refractivity contribution >= 4 is 23.3 Å². The molecular weight excluding hydrogens is 418 g/mol. The van der Waals surface area contributed by atoms with E-state index in [-0.39, 0.29) is 5.92 Å². The summed E-state index contributed by atoms with van der Waals surface area (Å²) in [6.45, 7) is 7.22. The van der Waals surface area contributed by atoms with Crippen LogP contribution in [0.2, 0.25) is 0 Å². The van der Waals surface area contributed by atoms with Gasteiger partial charge in [0.05, 0.1) is 5.92 Å². The predicted octanol–water partition coefficient (Wildman–Crippen LogP) is 5.68. The topological polar surface area (TPSA) is 49.8 Å². The largest absolute Gasteiger partial charge is 0.489 e. The number of thioether (sulfide) groups is 1. The van der Waals surface area contributed by atoms with Gasteiger partial charge in [0.2, 0.25) is 0 Å². The van der Waals surface area contributed by atoms with Gasteiger partial charge in [-0.2, -0.15) is 0 Å². The molecule has 0 unspecified atom stereocenters. The maximum Gasteiger partial charge on any atom is 0.309 e. The molecule has 5 heteroatoms. The van der Waals surface area contributed by atoms with E-state index >= 15 is 0 Å². The second kappa shape index (κ2) is 10.1. The van der Waals surface area contributed by atoms with E-state index in [9.17, 15) is 4.79 Å². The van der Waals surface area contributed by atoms with E-state index in [1.165, 1.54) is 38.3 Å². The Balaban J connectivity index is 1.41. The summed E-state index contributed by atoms with van der Waals surface area (Å²) >= 11 is 1.78. The molecule has 2 aromatic rings. The van der Waals surface area contributed by atoms with Crippen LogP contribution in [-0.4, -0.2) is 41.9 Å². The minimum absolute atomic E-state index is 0.194. The van der Waals surface area contributed by atoms with E-state index in [0.29, 0.717) is 19.7 Å². The number of aryl methyl sites for hydroxylation is 2. The number of rotatable bonds is 9. The normalized spacial score (nSPS) is 16.6. The third-order valence-corrected chi connectivity index (χ3v) is 7.53. The van der Waals surface area contributed by atoms with Crippen LogP contribution in [0.3, 0.4) is 0 Å². The van der Waals surface area contributed by atoms with Crippen LogP contribution >= 0.6 is 11.8 Å². The first-order chi connectivity index (χ1) is 15.5. The van der Waals surface area contributed by atoms with Gasteiger partial charge in [-0.05, 0) is 72.9 Å². The highest BCUT2D eigenvalue weighted by molar-refractivity contribution is 7.98. The van der Waals surface area contributed by atoms with E-state index in [1.807, 2.05) is 0 Å². The Morgan fingerprint density at radius 2 is 2.00 bits per heavy atom. The van der Waals surface area contributed by atoms with Crippen LogP contribution in [0.5, 0.6) is 5.75 Å². The summed E-state index contributed by atoms with van der Waals surface area (Å²) in [5.41, 5.74) is 8.06. The second-order valence-corrected chi connectivity index (χ2v) is 9.81. The SMILES string of the molecule is CCCc1ccc(COc2ccc3c(c2)CCC(CN2CC(C(=O)O)C2)=C3C)c(SC)c1. The minimum atomic E-state index is -0.671. The van der Waals surface area contributed by atoms with Crippen LogP contribution < -0.4 is 4.74 Å². The molecule has 1 aliphatic carbocycles. The molecule has 0 bridgehead atoms. The Morgan fingerprint density at radius 1 is 1.19 bits per heavy atom. The second-order valence-electron chi connectivity index (χ2n) is 8.96. The quantitative estimate of drug-likeness (QED) is 0.497. The Labute approximate surface area is 195 Å². The maximum absolute atomic E-state index is 11.0. The summed E-state index contributed by atoms with van der Waals surface area (Å²) in [7, 11) is 0. The standard InChI is InChI=1S/C27H33NO3S/c1-4-5-19-6-7-22(26(12-19)32-3)17-31-24-10-11-25-18(2)21(9-8-20(25)13-24)14-28-15-23(16-28)27(29)30/h6-7,10-13,23H,4-5,8-9,14-17H2,1-3H3,(H,29,30). The van der Waals surface area contributed by atoms with Crippen molar-refractivity contribution in [2.75, 3.05) is 25.9 Å². The Morgan fingerprint density at radius 3 is 2.72 bits per heavy atom. The molecule has 1 saturated heterocycles. The van der Waals surface area contributed by atoms with Crippen molar-refractivity contribution in [3.8, 4) is 5.75 Å². The zero-order valence-corrected chi connectivity index (χ0v) is 20.1. The number of ether oxygens (including phenoxy) is 1. The van der Waals surface area contributed by atoms with Gasteiger partial charge in [-0.25, -0.2) is 0 Å². The molecule has 0 spiro atoms. The minimum Gasteiger partial charge on any atom is -0.489 e. The summed E-state index contributed by atoms with van der Waals surface area (Å²) in [5.74, 6) is 0.0627. The summed E-state index contributed by atoms with van der Waals surface area (Å²) in [6.07, 6.45) is 6.45. The number of carboxylic acid groups (broad SMARTS) is 1. The van der Waals surface area contributed by atoms with Gasteiger partial charge in [0.25, 0.3) is 0 Å². The number of hydrogen-bond donors (Lipinski definition) is 1. The molecular formula is C27H33NO3S.